The first kappa shape index (κ1) is 16.3. The lowest BCUT2D eigenvalue weighted by molar-refractivity contribution is -0.194. The Kier molecular flexibility index (Phi) is 3.44. The standard InChI is InChI=1S/C18H34OSi/c1-12-14-15(16(2,3)4)18(12,11-20(7,8)9)13(19)10-17(14,5)6/h13-15,19H,1,10-11H2,2-9H3/t13-,14-,15-,18-/m0/s1. The summed E-state index contributed by atoms with van der Waals surface area (Å²) in [5, 5.41) is 11.0. The van der Waals surface area contributed by atoms with Crippen LogP contribution in [0.1, 0.15) is 41.0 Å². The van der Waals surface area contributed by atoms with Crippen molar-refractivity contribution in [3.05, 3.63) is 12.2 Å². The van der Waals surface area contributed by atoms with Crippen molar-refractivity contribution in [2.45, 2.75) is 72.8 Å². The smallest absolute Gasteiger partial charge is 0.0639 e. The first-order valence-corrected chi connectivity index (χ1v) is 11.8. The number of fused-ring (bicyclic) bond motifs is 2. The molecule has 3 fully saturated rings. The molecule has 20 heavy (non-hydrogen) atoms. The molecule has 3 rings (SSSR count). The monoisotopic (exact) mass is 294 g/mol. The second-order valence-corrected chi connectivity index (χ2v) is 15.8. The van der Waals surface area contributed by atoms with Crippen molar-refractivity contribution in [1.29, 1.82) is 0 Å². The molecule has 0 aromatic carbocycles. The Morgan fingerprint density at radius 1 is 1.25 bits per heavy atom. The molecule has 3 saturated carbocycles. The van der Waals surface area contributed by atoms with Gasteiger partial charge in [-0.05, 0) is 35.1 Å². The van der Waals surface area contributed by atoms with Crippen LogP contribution in [0.5, 0.6) is 0 Å². The zero-order chi connectivity index (χ0) is 15.7. The lowest BCUT2D eigenvalue weighted by Crippen LogP contribution is -2.70. The zero-order valence-electron chi connectivity index (χ0n) is 14.8. The SMILES string of the molecule is C=C1[C@H]2[C@@H](C(C)(C)C)[C@]1(C[Si](C)(C)C)[C@@H](O)CC2(C)C. The molecule has 3 aliphatic rings. The van der Waals surface area contributed by atoms with Crippen LogP contribution in [0.15, 0.2) is 12.2 Å². The van der Waals surface area contributed by atoms with E-state index in [9.17, 15) is 5.11 Å². The molecule has 0 heterocycles. The van der Waals surface area contributed by atoms with Crippen LogP contribution in [0.4, 0.5) is 0 Å². The summed E-state index contributed by atoms with van der Waals surface area (Å²) >= 11 is 0. The van der Waals surface area contributed by atoms with E-state index < -0.39 is 8.07 Å². The molecule has 0 aromatic rings. The Balaban J connectivity index is 2.51. The van der Waals surface area contributed by atoms with Gasteiger partial charge in [0.05, 0.1) is 6.10 Å². The van der Waals surface area contributed by atoms with Gasteiger partial charge >= 0.3 is 0 Å². The Morgan fingerprint density at radius 3 is 2.10 bits per heavy atom. The van der Waals surface area contributed by atoms with Crippen molar-refractivity contribution in [2.75, 3.05) is 0 Å². The van der Waals surface area contributed by atoms with E-state index >= 15 is 0 Å². The zero-order valence-corrected chi connectivity index (χ0v) is 15.8. The van der Waals surface area contributed by atoms with E-state index in [0.29, 0.717) is 11.8 Å². The van der Waals surface area contributed by atoms with Crippen LogP contribution < -0.4 is 0 Å². The fourth-order valence-electron chi connectivity index (χ4n) is 5.53. The van der Waals surface area contributed by atoms with Crippen molar-refractivity contribution in [1.82, 2.24) is 0 Å². The highest BCUT2D eigenvalue weighted by Gasteiger charge is 2.71. The first-order chi connectivity index (χ1) is 8.73. The molecule has 0 saturated heterocycles. The van der Waals surface area contributed by atoms with Gasteiger partial charge in [0.25, 0.3) is 0 Å². The van der Waals surface area contributed by atoms with Gasteiger partial charge in [-0.3, -0.25) is 0 Å². The van der Waals surface area contributed by atoms with Gasteiger partial charge < -0.3 is 5.11 Å². The van der Waals surface area contributed by atoms with E-state index in [1.54, 1.807) is 0 Å². The Bertz CT molecular complexity index is 424. The lowest BCUT2D eigenvalue weighted by atomic mass is 9.34. The maximum Gasteiger partial charge on any atom is 0.0639 e. The Labute approximate surface area is 126 Å². The molecule has 0 aliphatic heterocycles. The summed E-state index contributed by atoms with van der Waals surface area (Å²) in [6.45, 7) is 23.4. The highest BCUT2D eigenvalue weighted by atomic mass is 28.3. The van der Waals surface area contributed by atoms with Crippen LogP contribution in [-0.2, 0) is 0 Å². The number of aliphatic hydroxyl groups excluding tert-OH is 1. The van der Waals surface area contributed by atoms with Gasteiger partial charge in [-0.2, -0.15) is 0 Å². The minimum atomic E-state index is -1.25. The van der Waals surface area contributed by atoms with Crippen molar-refractivity contribution >= 4 is 8.07 Å². The van der Waals surface area contributed by atoms with E-state index in [0.717, 1.165) is 6.42 Å². The molecule has 116 valence electrons. The summed E-state index contributed by atoms with van der Waals surface area (Å²) in [4.78, 5) is 0. The molecule has 3 aliphatic carbocycles. The number of aliphatic hydroxyl groups is 1. The molecular weight excluding hydrogens is 260 g/mol. The predicted octanol–water partition coefficient (Wildman–Crippen LogP) is 4.95. The molecule has 4 atom stereocenters. The molecule has 0 aromatic heterocycles. The van der Waals surface area contributed by atoms with E-state index in [1.807, 2.05) is 0 Å². The number of hydrogen-bond donors (Lipinski definition) is 1. The van der Waals surface area contributed by atoms with Gasteiger partial charge in [0, 0.05) is 13.5 Å². The van der Waals surface area contributed by atoms with E-state index in [-0.39, 0.29) is 22.3 Å². The second-order valence-electron chi connectivity index (χ2n) is 10.3. The van der Waals surface area contributed by atoms with Gasteiger partial charge in [0.15, 0.2) is 0 Å². The third kappa shape index (κ3) is 2.14. The summed E-state index contributed by atoms with van der Waals surface area (Å²) in [5.74, 6) is 1.16. The first-order valence-electron chi connectivity index (χ1n) is 8.11. The molecule has 0 spiro atoms. The topological polar surface area (TPSA) is 20.2 Å². The maximum absolute atomic E-state index is 11.0. The number of rotatable bonds is 2. The molecule has 0 amide bonds. The second kappa shape index (κ2) is 4.22. The van der Waals surface area contributed by atoms with Crippen LogP contribution in [0.25, 0.3) is 0 Å². The van der Waals surface area contributed by atoms with Gasteiger partial charge in [0.1, 0.15) is 0 Å². The summed E-state index contributed by atoms with van der Waals surface area (Å²) in [7, 11) is -1.25. The fraction of sp³-hybridized carbons (Fsp3) is 0.889. The van der Waals surface area contributed by atoms with Crippen molar-refractivity contribution in [3.63, 3.8) is 0 Å². The average Bonchev–Trinajstić information content (AvgIpc) is 2.15. The molecule has 2 heteroatoms. The molecule has 2 bridgehead atoms. The molecule has 1 nitrogen and oxygen atoms in total. The van der Waals surface area contributed by atoms with Crippen LogP contribution >= 0.6 is 0 Å². The molecular formula is C18H34OSi. The normalized spacial score (nSPS) is 40.5. The summed E-state index contributed by atoms with van der Waals surface area (Å²) in [6, 6.07) is 1.19. The molecule has 1 N–H and O–H groups in total. The van der Waals surface area contributed by atoms with Crippen molar-refractivity contribution in [2.24, 2.45) is 28.1 Å². The molecule has 0 radical (unpaired) electrons. The van der Waals surface area contributed by atoms with E-state index in [2.05, 4.69) is 60.8 Å². The van der Waals surface area contributed by atoms with Gasteiger partial charge in [-0.1, -0.05) is 66.4 Å². The quantitative estimate of drug-likeness (QED) is 0.564. The highest BCUT2D eigenvalue weighted by molar-refractivity contribution is 6.76. The fourth-order valence-corrected chi connectivity index (χ4v) is 7.97. The summed E-state index contributed by atoms with van der Waals surface area (Å²) < 4.78 is 0. The minimum Gasteiger partial charge on any atom is -0.392 e. The van der Waals surface area contributed by atoms with Crippen molar-refractivity contribution < 1.29 is 5.11 Å². The molecule has 0 unspecified atom stereocenters. The third-order valence-electron chi connectivity index (χ3n) is 5.77. The van der Waals surface area contributed by atoms with E-state index in [4.69, 9.17) is 0 Å². The van der Waals surface area contributed by atoms with Crippen LogP contribution in [0, 0.1) is 28.1 Å². The third-order valence-corrected chi connectivity index (χ3v) is 7.42. The number of hydrogen-bond acceptors (Lipinski definition) is 1. The van der Waals surface area contributed by atoms with Crippen LogP contribution in [-0.4, -0.2) is 19.3 Å². The van der Waals surface area contributed by atoms with Gasteiger partial charge in [-0.15, -0.1) is 0 Å². The van der Waals surface area contributed by atoms with Gasteiger partial charge in [-0.25, -0.2) is 0 Å². The largest absolute Gasteiger partial charge is 0.392 e. The Morgan fingerprint density at radius 2 is 1.75 bits per heavy atom. The Hall–Kier alpha value is -0.0831. The maximum atomic E-state index is 11.0. The highest BCUT2D eigenvalue weighted by Crippen LogP contribution is 2.74. The predicted molar refractivity (Wildman–Crippen MR) is 90.6 cm³/mol. The minimum absolute atomic E-state index is 0.00289. The van der Waals surface area contributed by atoms with Gasteiger partial charge in [0.2, 0.25) is 0 Å². The van der Waals surface area contributed by atoms with Crippen molar-refractivity contribution in [3.8, 4) is 0 Å². The summed E-state index contributed by atoms with van der Waals surface area (Å²) in [5.41, 5.74) is 1.80. The summed E-state index contributed by atoms with van der Waals surface area (Å²) in [6.07, 6.45) is 0.735. The average molecular weight is 295 g/mol. The van der Waals surface area contributed by atoms with E-state index in [1.165, 1.54) is 11.6 Å². The van der Waals surface area contributed by atoms with Crippen LogP contribution in [0.3, 0.4) is 0 Å². The lowest BCUT2D eigenvalue weighted by Gasteiger charge is -2.73. The van der Waals surface area contributed by atoms with Crippen LogP contribution in [0.2, 0.25) is 25.7 Å².